The Morgan fingerprint density at radius 1 is 0.926 bits per heavy atom. The molecular weight excluding hydrogens is 362 g/mol. The van der Waals surface area contributed by atoms with Gasteiger partial charge in [-0.1, -0.05) is 0 Å². The van der Waals surface area contributed by atoms with Crippen LogP contribution >= 0.6 is 0 Å². The van der Waals surface area contributed by atoms with E-state index in [4.69, 9.17) is 0 Å². The highest BCUT2D eigenvalue weighted by molar-refractivity contribution is 5.99. The zero-order valence-electron chi connectivity index (χ0n) is 14.5. The highest BCUT2D eigenvalue weighted by atomic mass is 19.1. The second kappa shape index (κ2) is 8.75. The summed E-state index contributed by atoms with van der Waals surface area (Å²) < 4.78 is 35.9. The lowest BCUT2D eigenvalue weighted by Crippen LogP contribution is -2.28. The molecule has 0 aromatic heterocycles. The van der Waals surface area contributed by atoms with E-state index in [0.29, 0.717) is 0 Å². The van der Waals surface area contributed by atoms with E-state index in [9.17, 15) is 23.2 Å². The van der Waals surface area contributed by atoms with Gasteiger partial charge in [0.05, 0.1) is 25.3 Å². The first-order valence-corrected chi connectivity index (χ1v) is 7.64. The summed E-state index contributed by atoms with van der Waals surface area (Å²) in [7, 11) is 2.33. The summed E-state index contributed by atoms with van der Waals surface area (Å²) >= 11 is 0. The first kappa shape index (κ1) is 19.8. The quantitative estimate of drug-likeness (QED) is 0.781. The second-order valence-electron chi connectivity index (χ2n) is 5.33. The van der Waals surface area contributed by atoms with Crippen molar-refractivity contribution in [1.29, 1.82) is 0 Å². The molecule has 142 valence electrons. The maximum Gasteiger partial charge on any atom is 0.337 e. The van der Waals surface area contributed by atoms with E-state index in [-0.39, 0.29) is 28.9 Å². The van der Waals surface area contributed by atoms with Crippen molar-refractivity contribution >= 4 is 23.7 Å². The Kier molecular flexibility index (Phi) is 6.42. The van der Waals surface area contributed by atoms with E-state index in [2.05, 4.69) is 20.1 Å². The van der Waals surface area contributed by atoms with Gasteiger partial charge in [-0.25, -0.2) is 23.2 Å². The fourth-order valence-corrected chi connectivity index (χ4v) is 2.20. The number of carbonyl (C=O) groups is 3. The van der Waals surface area contributed by atoms with Crippen LogP contribution in [-0.4, -0.2) is 32.2 Å². The summed E-state index contributed by atoms with van der Waals surface area (Å²) in [6.45, 7) is -0.268. The highest BCUT2D eigenvalue weighted by Crippen LogP contribution is 2.17. The number of halogens is 2. The lowest BCUT2D eigenvalue weighted by Gasteiger charge is -2.11. The third-order valence-corrected chi connectivity index (χ3v) is 3.48. The van der Waals surface area contributed by atoms with Crippen molar-refractivity contribution in [3.8, 4) is 0 Å². The summed E-state index contributed by atoms with van der Waals surface area (Å²) in [4.78, 5) is 35.4. The Balaban J connectivity index is 2.15. The van der Waals surface area contributed by atoms with Crippen molar-refractivity contribution in [3.05, 3.63) is 64.7 Å². The van der Waals surface area contributed by atoms with Gasteiger partial charge >= 0.3 is 18.0 Å². The zero-order valence-corrected chi connectivity index (χ0v) is 14.5. The molecule has 2 rings (SSSR count). The van der Waals surface area contributed by atoms with Crippen molar-refractivity contribution in [3.63, 3.8) is 0 Å². The van der Waals surface area contributed by atoms with E-state index in [1.807, 2.05) is 0 Å². The average Bonchev–Trinajstić information content (AvgIpc) is 2.67. The van der Waals surface area contributed by atoms with Crippen LogP contribution in [0.3, 0.4) is 0 Å². The number of hydrogen-bond acceptors (Lipinski definition) is 5. The molecule has 2 amide bonds. The van der Waals surface area contributed by atoms with Gasteiger partial charge < -0.3 is 20.1 Å². The fourth-order valence-electron chi connectivity index (χ4n) is 2.20. The van der Waals surface area contributed by atoms with Gasteiger partial charge in [0.25, 0.3) is 0 Å². The molecule has 0 saturated heterocycles. The zero-order chi connectivity index (χ0) is 20.0. The molecule has 9 heteroatoms. The molecule has 0 fully saturated rings. The number of benzene rings is 2. The first-order valence-electron chi connectivity index (χ1n) is 7.64. The Labute approximate surface area is 153 Å². The molecule has 7 nitrogen and oxygen atoms in total. The summed E-state index contributed by atoms with van der Waals surface area (Å²) in [5, 5.41) is 4.75. The van der Waals surface area contributed by atoms with Gasteiger partial charge in [0.15, 0.2) is 0 Å². The lowest BCUT2D eigenvalue weighted by molar-refractivity contribution is 0.0599. The maximum atomic E-state index is 13.6. The van der Waals surface area contributed by atoms with Crippen molar-refractivity contribution in [1.82, 2.24) is 5.32 Å². The highest BCUT2D eigenvalue weighted by Gasteiger charge is 2.15. The monoisotopic (exact) mass is 378 g/mol. The topological polar surface area (TPSA) is 93.7 Å². The molecule has 0 aliphatic carbocycles. The number of urea groups is 1. The van der Waals surface area contributed by atoms with Crippen LogP contribution in [0.25, 0.3) is 0 Å². The standard InChI is InChI=1S/C18H16F2N2O5/c1-26-16(23)10-5-11(17(24)27-2)8-14(7-10)22-18(25)21-9-12-6-13(19)3-4-15(12)20/h3-8H,9H2,1-2H3,(H2,21,22,25). The van der Waals surface area contributed by atoms with Gasteiger partial charge in [-0.05, 0) is 36.4 Å². The number of ether oxygens (including phenoxy) is 2. The smallest absolute Gasteiger partial charge is 0.337 e. The molecule has 0 aliphatic heterocycles. The molecule has 2 aromatic rings. The molecule has 2 aromatic carbocycles. The Morgan fingerprint density at radius 3 is 2.07 bits per heavy atom. The molecule has 0 spiro atoms. The molecule has 0 unspecified atom stereocenters. The van der Waals surface area contributed by atoms with E-state index in [0.717, 1.165) is 18.2 Å². The van der Waals surface area contributed by atoms with Crippen LogP contribution in [0.4, 0.5) is 19.3 Å². The van der Waals surface area contributed by atoms with Gasteiger partial charge in [-0.3, -0.25) is 0 Å². The van der Waals surface area contributed by atoms with Crippen molar-refractivity contribution < 1.29 is 32.6 Å². The number of methoxy groups -OCH3 is 2. The Hall–Kier alpha value is -3.49. The molecular formula is C18H16F2N2O5. The van der Waals surface area contributed by atoms with E-state index in [1.54, 1.807) is 0 Å². The van der Waals surface area contributed by atoms with Gasteiger partial charge in [-0.2, -0.15) is 0 Å². The largest absolute Gasteiger partial charge is 0.465 e. The lowest BCUT2D eigenvalue weighted by atomic mass is 10.1. The molecule has 27 heavy (non-hydrogen) atoms. The van der Waals surface area contributed by atoms with Gasteiger partial charge in [0.1, 0.15) is 11.6 Å². The maximum absolute atomic E-state index is 13.6. The van der Waals surface area contributed by atoms with E-state index in [1.165, 1.54) is 32.4 Å². The summed E-state index contributed by atoms with van der Waals surface area (Å²) in [5.41, 5.74) is 0.109. The first-order chi connectivity index (χ1) is 12.8. The Bertz CT molecular complexity index is 852. The third kappa shape index (κ3) is 5.24. The van der Waals surface area contributed by atoms with Crippen LogP contribution in [0.5, 0.6) is 0 Å². The predicted octanol–water partition coefficient (Wildman–Crippen LogP) is 2.86. The van der Waals surface area contributed by atoms with Crippen molar-refractivity contribution in [2.24, 2.45) is 0 Å². The van der Waals surface area contributed by atoms with Crippen molar-refractivity contribution in [2.45, 2.75) is 6.54 Å². The molecule has 0 saturated carbocycles. The number of carbonyl (C=O) groups excluding carboxylic acids is 3. The van der Waals surface area contributed by atoms with Crippen LogP contribution in [0.2, 0.25) is 0 Å². The molecule has 0 bridgehead atoms. The number of nitrogens with one attached hydrogen (secondary N) is 2. The number of rotatable bonds is 5. The summed E-state index contributed by atoms with van der Waals surface area (Å²) in [5.74, 6) is -2.74. The van der Waals surface area contributed by atoms with Crippen LogP contribution < -0.4 is 10.6 Å². The average molecular weight is 378 g/mol. The van der Waals surface area contributed by atoms with Crippen LogP contribution in [0.15, 0.2) is 36.4 Å². The third-order valence-electron chi connectivity index (χ3n) is 3.48. The number of esters is 2. The minimum absolute atomic E-state index is 0.0203. The molecule has 0 aliphatic rings. The number of amides is 2. The minimum Gasteiger partial charge on any atom is -0.465 e. The van der Waals surface area contributed by atoms with Crippen LogP contribution in [0, 0.1) is 11.6 Å². The molecule has 0 radical (unpaired) electrons. The predicted molar refractivity (Wildman–Crippen MR) is 91.3 cm³/mol. The molecule has 0 heterocycles. The minimum atomic E-state index is -0.753. The SMILES string of the molecule is COC(=O)c1cc(NC(=O)NCc2cc(F)ccc2F)cc(C(=O)OC)c1. The Morgan fingerprint density at radius 2 is 1.52 bits per heavy atom. The summed E-state index contributed by atoms with van der Waals surface area (Å²) in [6, 6.07) is 5.96. The summed E-state index contributed by atoms with van der Waals surface area (Å²) in [6.07, 6.45) is 0. The number of hydrogen-bond donors (Lipinski definition) is 2. The second-order valence-corrected chi connectivity index (χ2v) is 5.33. The van der Waals surface area contributed by atoms with E-state index < -0.39 is 29.6 Å². The van der Waals surface area contributed by atoms with Crippen LogP contribution in [0.1, 0.15) is 26.3 Å². The van der Waals surface area contributed by atoms with Crippen molar-refractivity contribution in [2.75, 3.05) is 19.5 Å². The van der Waals surface area contributed by atoms with E-state index >= 15 is 0 Å². The van der Waals surface area contributed by atoms with Crippen LogP contribution in [-0.2, 0) is 16.0 Å². The van der Waals surface area contributed by atoms with Gasteiger partial charge in [0, 0.05) is 17.8 Å². The van der Waals surface area contributed by atoms with Gasteiger partial charge in [-0.15, -0.1) is 0 Å². The van der Waals surface area contributed by atoms with Gasteiger partial charge in [0.2, 0.25) is 0 Å². The fraction of sp³-hybridized carbons (Fsp3) is 0.167. The number of anilines is 1. The molecule has 2 N–H and O–H groups in total. The normalized spacial score (nSPS) is 10.1. The molecule has 0 atom stereocenters.